The molecule has 0 radical (unpaired) electrons. The van der Waals surface area contributed by atoms with Crippen LogP contribution < -0.4 is 5.32 Å². The molecule has 1 atom stereocenters. The number of furan rings is 1. The molecule has 1 aromatic heterocycles. The lowest BCUT2D eigenvalue weighted by atomic mass is 10.0. The van der Waals surface area contributed by atoms with Crippen molar-refractivity contribution in [1.82, 2.24) is 10.2 Å². The second-order valence-electron chi connectivity index (χ2n) is 6.63. The fourth-order valence-corrected chi connectivity index (χ4v) is 3.34. The number of hydrogen-bond acceptors (Lipinski definition) is 5. The topological polar surface area (TPSA) is 71.8 Å². The van der Waals surface area contributed by atoms with Gasteiger partial charge in [0.1, 0.15) is 11.9 Å². The minimum absolute atomic E-state index is 0.0816. The molecule has 28 heavy (non-hydrogen) atoms. The summed E-state index contributed by atoms with van der Waals surface area (Å²) in [7, 11) is 1.30. The standard InChI is InChI=1S/C22H20N2O4/c1-27-22(26)19-12-11-18(28-19)21-23-20(25)14-24(21)13-15-7-9-17(10-8-15)16-5-3-2-4-6-16/h2-12,21H,13-14H2,1H3,(H,23,25). The molecule has 0 bridgehead atoms. The summed E-state index contributed by atoms with van der Waals surface area (Å²) in [6.45, 7) is 0.839. The average Bonchev–Trinajstić information content (AvgIpc) is 3.35. The van der Waals surface area contributed by atoms with Crippen molar-refractivity contribution in [3.8, 4) is 11.1 Å². The first-order chi connectivity index (χ1) is 13.6. The molecule has 1 saturated heterocycles. The highest BCUT2D eigenvalue weighted by atomic mass is 16.5. The molecule has 1 fully saturated rings. The molecule has 1 N–H and O–H groups in total. The molecule has 6 nitrogen and oxygen atoms in total. The van der Waals surface area contributed by atoms with Crippen LogP contribution in [-0.2, 0) is 16.1 Å². The fourth-order valence-electron chi connectivity index (χ4n) is 3.34. The van der Waals surface area contributed by atoms with E-state index in [0.29, 0.717) is 12.3 Å². The summed E-state index contributed by atoms with van der Waals surface area (Å²) in [5, 5.41) is 2.89. The van der Waals surface area contributed by atoms with Crippen LogP contribution in [0, 0.1) is 0 Å². The van der Waals surface area contributed by atoms with Crippen molar-refractivity contribution < 1.29 is 18.7 Å². The van der Waals surface area contributed by atoms with Gasteiger partial charge in [-0.1, -0.05) is 54.6 Å². The summed E-state index contributed by atoms with van der Waals surface area (Å²) in [6.07, 6.45) is -0.417. The third kappa shape index (κ3) is 3.68. The maximum Gasteiger partial charge on any atom is 0.373 e. The summed E-state index contributed by atoms with van der Waals surface area (Å²) >= 11 is 0. The number of carbonyl (C=O) groups excluding carboxylic acids is 2. The van der Waals surface area contributed by atoms with Gasteiger partial charge in [-0.3, -0.25) is 9.69 Å². The lowest BCUT2D eigenvalue weighted by Crippen LogP contribution is -2.27. The monoisotopic (exact) mass is 376 g/mol. The van der Waals surface area contributed by atoms with E-state index < -0.39 is 12.1 Å². The molecule has 1 aliphatic rings. The zero-order valence-corrected chi connectivity index (χ0v) is 15.4. The quantitative estimate of drug-likeness (QED) is 0.692. The van der Waals surface area contributed by atoms with E-state index in [2.05, 4.69) is 46.5 Å². The summed E-state index contributed by atoms with van der Waals surface area (Å²) in [5.41, 5.74) is 3.39. The van der Waals surface area contributed by atoms with Gasteiger partial charge < -0.3 is 14.5 Å². The molecule has 0 aliphatic carbocycles. The highest BCUT2D eigenvalue weighted by Crippen LogP contribution is 2.27. The van der Waals surface area contributed by atoms with Crippen LogP contribution >= 0.6 is 0 Å². The van der Waals surface area contributed by atoms with E-state index in [1.165, 1.54) is 7.11 Å². The van der Waals surface area contributed by atoms with Gasteiger partial charge in [-0.05, 0) is 28.8 Å². The van der Waals surface area contributed by atoms with Crippen molar-refractivity contribution in [3.63, 3.8) is 0 Å². The van der Waals surface area contributed by atoms with Crippen LogP contribution in [0.2, 0.25) is 0 Å². The molecule has 2 heterocycles. The number of methoxy groups -OCH3 is 1. The normalized spacial score (nSPS) is 16.8. The maximum atomic E-state index is 12.0. The lowest BCUT2D eigenvalue weighted by molar-refractivity contribution is -0.118. The van der Waals surface area contributed by atoms with Crippen LogP contribution in [0.15, 0.2) is 71.1 Å². The van der Waals surface area contributed by atoms with E-state index in [1.54, 1.807) is 12.1 Å². The molecule has 0 spiro atoms. The zero-order chi connectivity index (χ0) is 19.5. The molecular weight excluding hydrogens is 356 g/mol. The van der Waals surface area contributed by atoms with E-state index in [1.807, 2.05) is 23.1 Å². The number of rotatable bonds is 5. The Hall–Kier alpha value is -3.38. The Morgan fingerprint density at radius 3 is 2.50 bits per heavy atom. The fraction of sp³-hybridized carbons (Fsp3) is 0.182. The number of benzene rings is 2. The molecule has 0 saturated carbocycles. The Labute approximate surface area is 162 Å². The Kier molecular flexibility index (Phi) is 4.95. The first kappa shape index (κ1) is 18.0. The molecule has 1 amide bonds. The van der Waals surface area contributed by atoms with Crippen molar-refractivity contribution >= 4 is 11.9 Å². The second kappa shape index (κ2) is 7.70. The largest absolute Gasteiger partial charge is 0.463 e. The van der Waals surface area contributed by atoms with Gasteiger partial charge >= 0.3 is 5.97 Å². The van der Waals surface area contributed by atoms with E-state index in [-0.39, 0.29) is 18.2 Å². The van der Waals surface area contributed by atoms with E-state index in [0.717, 1.165) is 16.7 Å². The lowest BCUT2D eigenvalue weighted by Gasteiger charge is -2.21. The highest BCUT2D eigenvalue weighted by Gasteiger charge is 2.33. The number of nitrogens with one attached hydrogen (secondary N) is 1. The van der Waals surface area contributed by atoms with Crippen molar-refractivity contribution in [2.75, 3.05) is 13.7 Å². The average molecular weight is 376 g/mol. The van der Waals surface area contributed by atoms with Crippen molar-refractivity contribution in [2.24, 2.45) is 0 Å². The number of carbonyl (C=O) groups is 2. The first-order valence-electron chi connectivity index (χ1n) is 9.00. The van der Waals surface area contributed by atoms with Crippen LogP contribution in [0.5, 0.6) is 0 Å². The maximum absolute atomic E-state index is 12.0. The Balaban J connectivity index is 1.50. The predicted molar refractivity (Wildman–Crippen MR) is 103 cm³/mol. The van der Waals surface area contributed by atoms with E-state index in [4.69, 9.17) is 4.42 Å². The molecule has 3 aromatic rings. The van der Waals surface area contributed by atoms with Gasteiger partial charge in [0.2, 0.25) is 11.7 Å². The second-order valence-corrected chi connectivity index (χ2v) is 6.63. The van der Waals surface area contributed by atoms with Crippen LogP contribution in [-0.4, -0.2) is 30.4 Å². The summed E-state index contributed by atoms with van der Waals surface area (Å²) in [6, 6.07) is 21.7. The minimum atomic E-state index is -0.543. The van der Waals surface area contributed by atoms with Crippen LogP contribution in [0.1, 0.15) is 28.0 Å². The summed E-state index contributed by atoms with van der Waals surface area (Å²) < 4.78 is 10.3. The van der Waals surface area contributed by atoms with E-state index in [9.17, 15) is 9.59 Å². The van der Waals surface area contributed by atoms with Crippen molar-refractivity contribution in [2.45, 2.75) is 12.7 Å². The van der Waals surface area contributed by atoms with Gasteiger partial charge in [-0.15, -0.1) is 0 Å². The number of nitrogens with zero attached hydrogens (tertiary/aromatic N) is 1. The first-order valence-corrected chi connectivity index (χ1v) is 9.00. The van der Waals surface area contributed by atoms with E-state index >= 15 is 0 Å². The molecular formula is C22H20N2O4. The number of ether oxygens (including phenoxy) is 1. The Morgan fingerprint density at radius 2 is 1.79 bits per heavy atom. The molecule has 4 rings (SSSR count). The van der Waals surface area contributed by atoms with Gasteiger partial charge in [-0.2, -0.15) is 0 Å². The summed E-state index contributed by atoms with van der Waals surface area (Å²) in [4.78, 5) is 25.6. The summed E-state index contributed by atoms with van der Waals surface area (Å²) in [5.74, 6) is -0.00137. The number of hydrogen-bond donors (Lipinski definition) is 1. The molecule has 1 aliphatic heterocycles. The third-order valence-corrected chi connectivity index (χ3v) is 4.74. The number of esters is 1. The Bertz CT molecular complexity index is 979. The molecule has 6 heteroatoms. The molecule has 1 unspecified atom stereocenters. The predicted octanol–water partition coefficient (Wildman–Crippen LogP) is 3.36. The van der Waals surface area contributed by atoms with Gasteiger partial charge in [0.25, 0.3) is 0 Å². The minimum Gasteiger partial charge on any atom is -0.463 e. The van der Waals surface area contributed by atoms with Crippen molar-refractivity contribution in [1.29, 1.82) is 0 Å². The van der Waals surface area contributed by atoms with Crippen LogP contribution in [0.3, 0.4) is 0 Å². The highest BCUT2D eigenvalue weighted by molar-refractivity contribution is 5.86. The Morgan fingerprint density at radius 1 is 1.07 bits per heavy atom. The van der Waals surface area contributed by atoms with Gasteiger partial charge in [0, 0.05) is 6.54 Å². The SMILES string of the molecule is COC(=O)c1ccc(C2NC(=O)CN2Cc2ccc(-c3ccccc3)cc2)o1. The van der Waals surface area contributed by atoms with Gasteiger partial charge in [0.15, 0.2) is 0 Å². The smallest absolute Gasteiger partial charge is 0.373 e. The zero-order valence-electron chi connectivity index (χ0n) is 15.4. The number of amides is 1. The van der Waals surface area contributed by atoms with Gasteiger partial charge in [-0.25, -0.2) is 4.79 Å². The third-order valence-electron chi connectivity index (χ3n) is 4.74. The molecule has 142 valence electrons. The van der Waals surface area contributed by atoms with Crippen molar-refractivity contribution in [3.05, 3.63) is 83.8 Å². The van der Waals surface area contributed by atoms with Crippen LogP contribution in [0.25, 0.3) is 11.1 Å². The molecule has 2 aromatic carbocycles. The van der Waals surface area contributed by atoms with Gasteiger partial charge in [0.05, 0.1) is 13.7 Å². The van der Waals surface area contributed by atoms with Crippen LogP contribution in [0.4, 0.5) is 0 Å².